The highest BCUT2D eigenvalue weighted by molar-refractivity contribution is 8.00. The van der Waals surface area contributed by atoms with Crippen LogP contribution >= 0.6 is 11.8 Å². The van der Waals surface area contributed by atoms with Crippen molar-refractivity contribution < 1.29 is 14.3 Å². The zero-order valence-corrected chi connectivity index (χ0v) is 18.7. The van der Waals surface area contributed by atoms with Crippen LogP contribution in [0.1, 0.15) is 12.0 Å². The fraction of sp³-hybridized carbons (Fsp3) is 0.115. The number of ether oxygens (including phenoxy) is 1. The number of hydrogen-bond donors (Lipinski definition) is 1. The van der Waals surface area contributed by atoms with E-state index >= 15 is 0 Å². The van der Waals surface area contributed by atoms with Crippen molar-refractivity contribution in [2.45, 2.75) is 16.6 Å². The highest BCUT2D eigenvalue weighted by Gasteiger charge is 2.40. The van der Waals surface area contributed by atoms with E-state index in [0.29, 0.717) is 5.69 Å². The zero-order valence-electron chi connectivity index (χ0n) is 17.9. The van der Waals surface area contributed by atoms with Crippen LogP contribution in [0, 0.1) is 0 Å². The number of nitrogens with one attached hydrogen (secondary N) is 1. The SMILES string of the molecule is COc1ccccc1C=Nc1ccc(SC2CC(=O)N(c3ccc4cc[nH]c4c3)C2=O)cc1. The molecule has 1 unspecified atom stereocenters. The fourth-order valence-corrected chi connectivity index (χ4v) is 4.89. The van der Waals surface area contributed by atoms with Gasteiger partial charge in [0.05, 0.1) is 23.7 Å². The second kappa shape index (κ2) is 8.96. The van der Waals surface area contributed by atoms with Crippen LogP contribution in [-0.4, -0.2) is 35.4 Å². The van der Waals surface area contributed by atoms with Crippen molar-refractivity contribution in [2.75, 3.05) is 12.0 Å². The number of methoxy groups -OCH3 is 1. The summed E-state index contributed by atoms with van der Waals surface area (Å²) in [4.78, 5) is 35.5. The summed E-state index contributed by atoms with van der Waals surface area (Å²) in [5, 5.41) is 0.594. The van der Waals surface area contributed by atoms with Crippen molar-refractivity contribution in [3.63, 3.8) is 0 Å². The smallest absolute Gasteiger partial charge is 0.247 e. The Kier molecular flexibility index (Phi) is 5.71. The van der Waals surface area contributed by atoms with Gasteiger partial charge in [0.15, 0.2) is 0 Å². The van der Waals surface area contributed by atoms with Gasteiger partial charge in [-0.3, -0.25) is 14.6 Å². The van der Waals surface area contributed by atoms with Crippen LogP contribution in [0.25, 0.3) is 10.9 Å². The van der Waals surface area contributed by atoms with Crippen LogP contribution in [0.15, 0.2) is 88.9 Å². The topological polar surface area (TPSA) is 74.8 Å². The quantitative estimate of drug-likeness (QED) is 0.314. The molecule has 2 amide bonds. The summed E-state index contributed by atoms with van der Waals surface area (Å²) in [7, 11) is 1.63. The Bertz CT molecular complexity index is 1360. The Morgan fingerprint density at radius 2 is 1.88 bits per heavy atom. The zero-order chi connectivity index (χ0) is 22.8. The van der Waals surface area contributed by atoms with Crippen molar-refractivity contribution in [3.05, 3.63) is 84.6 Å². The summed E-state index contributed by atoms with van der Waals surface area (Å²) in [6.07, 6.45) is 3.78. The molecule has 1 aromatic heterocycles. The van der Waals surface area contributed by atoms with Crippen molar-refractivity contribution in [1.29, 1.82) is 0 Å². The van der Waals surface area contributed by atoms with Gasteiger partial charge in [-0.2, -0.15) is 0 Å². The van der Waals surface area contributed by atoms with Gasteiger partial charge in [0.1, 0.15) is 5.75 Å². The molecular weight excluding hydrogens is 434 g/mol. The maximum atomic E-state index is 13.0. The third-order valence-corrected chi connectivity index (χ3v) is 6.71. The molecule has 1 fully saturated rings. The van der Waals surface area contributed by atoms with E-state index in [-0.39, 0.29) is 18.2 Å². The molecule has 0 radical (unpaired) electrons. The Balaban J connectivity index is 1.28. The molecule has 1 saturated heterocycles. The maximum Gasteiger partial charge on any atom is 0.247 e. The number of benzene rings is 3. The molecule has 2 heterocycles. The summed E-state index contributed by atoms with van der Waals surface area (Å²) >= 11 is 1.40. The van der Waals surface area contributed by atoms with E-state index in [1.54, 1.807) is 13.3 Å². The standard InChI is InChI=1S/C26H21N3O3S/c1-32-23-5-3-2-4-18(23)16-28-19-7-10-21(11-8-19)33-24-15-25(30)29(26(24)31)20-9-6-17-12-13-27-22(17)14-20/h2-14,16,24,27H,15H2,1H3. The monoisotopic (exact) mass is 455 g/mol. The van der Waals surface area contributed by atoms with E-state index in [1.807, 2.05) is 79.0 Å². The van der Waals surface area contributed by atoms with Crippen molar-refractivity contribution in [1.82, 2.24) is 4.98 Å². The van der Waals surface area contributed by atoms with Gasteiger partial charge in [0.2, 0.25) is 11.8 Å². The molecule has 4 aromatic rings. The summed E-state index contributed by atoms with van der Waals surface area (Å²) in [6, 6.07) is 22.8. The molecule has 33 heavy (non-hydrogen) atoms. The predicted molar refractivity (Wildman–Crippen MR) is 132 cm³/mol. The van der Waals surface area contributed by atoms with Gasteiger partial charge < -0.3 is 9.72 Å². The normalized spacial score (nSPS) is 16.3. The van der Waals surface area contributed by atoms with Gasteiger partial charge in [-0.25, -0.2) is 4.90 Å². The van der Waals surface area contributed by atoms with E-state index < -0.39 is 5.25 Å². The number of nitrogens with zero attached hydrogens (tertiary/aromatic N) is 2. The fourth-order valence-electron chi connectivity index (χ4n) is 3.83. The number of imide groups is 1. The lowest BCUT2D eigenvalue weighted by molar-refractivity contribution is -0.121. The molecule has 0 aliphatic carbocycles. The summed E-state index contributed by atoms with van der Waals surface area (Å²) in [5.41, 5.74) is 3.18. The Labute approximate surface area is 195 Å². The third-order valence-electron chi connectivity index (χ3n) is 5.51. The number of aromatic amines is 1. The molecule has 7 heteroatoms. The number of aromatic nitrogens is 1. The summed E-state index contributed by atoms with van der Waals surface area (Å²) < 4.78 is 5.34. The highest BCUT2D eigenvalue weighted by atomic mass is 32.2. The average Bonchev–Trinajstić information content (AvgIpc) is 3.42. The maximum absolute atomic E-state index is 13.0. The van der Waals surface area contributed by atoms with Gasteiger partial charge >= 0.3 is 0 Å². The predicted octanol–water partition coefficient (Wildman–Crippen LogP) is 5.35. The van der Waals surface area contributed by atoms with Crippen molar-refractivity contribution in [3.8, 4) is 5.75 Å². The van der Waals surface area contributed by atoms with Crippen LogP contribution in [0.2, 0.25) is 0 Å². The van der Waals surface area contributed by atoms with E-state index in [1.165, 1.54) is 16.7 Å². The van der Waals surface area contributed by atoms with Crippen LogP contribution < -0.4 is 9.64 Å². The van der Waals surface area contributed by atoms with Crippen LogP contribution in [0.3, 0.4) is 0 Å². The number of para-hydroxylation sites is 1. The molecule has 0 spiro atoms. The lowest BCUT2D eigenvalue weighted by Crippen LogP contribution is -2.31. The number of rotatable bonds is 6. The number of anilines is 1. The number of fused-ring (bicyclic) bond motifs is 1. The van der Waals surface area contributed by atoms with Gasteiger partial charge in [-0.1, -0.05) is 18.2 Å². The Morgan fingerprint density at radius 3 is 2.70 bits per heavy atom. The second-order valence-electron chi connectivity index (χ2n) is 7.62. The number of thioether (sulfide) groups is 1. The molecule has 1 aliphatic heterocycles. The molecule has 1 atom stereocenters. The largest absolute Gasteiger partial charge is 0.496 e. The molecule has 0 bridgehead atoms. The van der Waals surface area contributed by atoms with Crippen LogP contribution in [0.4, 0.5) is 11.4 Å². The Hall–Kier alpha value is -3.84. The summed E-state index contributed by atoms with van der Waals surface area (Å²) in [5.74, 6) is 0.397. The van der Waals surface area contributed by atoms with Crippen molar-refractivity contribution >= 4 is 52.1 Å². The van der Waals surface area contributed by atoms with Gasteiger partial charge in [-0.05, 0) is 60.0 Å². The average molecular weight is 456 g/mol. The first-order valence-corrected chi connectivity index (χ1v) is 11.4. The van der Waals surface area contributed by atoms with E-state index in [9.17, 15) is 9.59 Å². The van der Waals surface area contributed by atoms with E-state index in [2.05, 4.69) is 9.98 Å². The van der Waals surface area contributed by atoms with E-state index in [0.717, 1.165) is 32.8 Å². The van der Waals surface area contributed by atoms with Crippen LogP contribution in [0.5, 0.6) is 5.75 Å². The first-order valence-electron chi connectivity index (χ1n) is 10.5. The van der Waals surface area contributed by atoms with Gasteiger partial charge in [0.25, 0.3) is 0 Å². The molecule has 1 N–H and O–H groups in total. The lowest BCUT2D eigenvalue weighted by Gasteiger charge is -2.15. The van der Waals surface area contributed by atoms with Gasteiger partial charge in [0, 0.05) is 34.8 Å². The second-order valence-corrected chi connectivity index (χ2v) is 8.90. The minimum absolute atomic E-state index is 0.179. The third kappa shape index (κ3) is 4.27. The first kappa shape index (κ1) is 21.0. The summed E-state index contributed by atoms with van der Waals surface area (Å²) in [6.45, 7) is 0. The number of carbonyl (C=O) groups is 2. The van der Waals surface area contributed by atoms with E-state index in [4.69, 9.17) is 4.74 Å². The molecule has 0 saturated carbocycles. The van der Waals surface area contributed by atoms with Crippen molar-refractivity contribution in [2.24, 2.45) is 4.99 Å². The molecule has 5 rings (SSSR count). The minimum Gasteiger partial charge on any atom is -0.496 e. The minimum atomic E-state index is -0.445. The number of carbonyl (C=O) groups excluding carboxylic acids is 2. The molecule has 6 nitrogen and oxygen atoms in total. The van der Waals surface area contributed by atoms with Crippen LogP contribution in [-0.2, 0) is 9.59 Å². The van der Waals surface area contributed by atoms with Gasteiger partial charge in [-0.15, -0.1) is 11.8 Å². The number of hydrogen-bond acceptors (Lipinski definition) is 5. The molecular formula is C26H21N3O3S. The molecule has 164 valence electrons. The highest BCUT2D eigenvalue weighted by Crippen LogP contribution is 2.35. The number of H-pyrrole nitrogens is 1. The first-order chi connectivity index (χ1) is 16.1. The number of aliphatic imine (C=N–C) groups is 1. The number of amides is 2. The Morgan fingerprint density at radius 1 is 1.06 bits per heavy atom. The molecule has 1 aliphatic rings. The lowest BCUT2D eigenvalue weighted by atomic mass is 10.2. The molecule has 3 aromatic carbocycles.